The van der Waals surface area contributed by atoms with Crippen molar-refractivity contribution in [2.45, 2.75) is 4.90 Å². The van der Waals surface area contributed by atoms with Crippen LogP contribution >= 0.6 is 11.5 Å². The van der Waals surface area contributed by atoms with E-state index in [2.05, 4.69) is 19.6 Å². The Hall–Kier alpha value is -2.27. The number of benzene rings is 1. The van der Waals surface area contributed by atoms with E-state index in [0.29, 0.717) is 5.69 Å². The van der Waals surface area contributed by atoms with E-state index in [-0.39, 0.29) is 5.00 Å². The molecular weight excluding hydrogens is 306 g/mol. The maximum atomic E-state index is 12.2. The minimum atomic E-state index is -4.09. The van der Waals surface area contributed by atoms with Crippen LogP contribution in [0.1, 0.15) is 0 Å². The van der Waals surface area contributed by atoms with Gasteiger partial charge in [-0.1, -0.05) is 4.49 Å². The first kappa shape index (κ1) is 14.1. The van der Waals surface area contributed by atoms with Crippen molar-refractivity contribution in [2.24, 2.45) is 0 Å². The van der Waals surface area contributed by atoms with Gasteiger partial charge in [-0.3, -0.25) is 14.8 Å². The number of hydrogen-bond donors (Lipinski definition) is 2. The minimum absolute atomic E-state index is 0.175. The third kappa shape index (κ3) is 2.83. The predicted molar refractivity (Wildman–Crippen MR) is 73.4 cm³/mol. The van der Waals surface area contributed by atoms with E-state index in [1.807, 2.05) is 0 Å². The number of nitrogens with one attached hydrogen (secondary N) is 2. The first-order valence-electron chi connectivity index (χ1n) is 5.20. The molecule has 0 saturated heterocycles. The molecule has 0 amide bonds. The monoisotopic (exact) mass is 315 g/mol. The molecule has 0 radical (unpaired) electrons. The SMILES string of the molecule is CNc1ccc([N+](=O)[O-])c(S(=O)(=O)Nc2cnns2)c1. The lowest BCUT2D eigenvalue weighted by Crippen LogP contribution is -2.14. The number of nitro benzene ring substituents is 1. The summed E-state index contributed by atoms with van der Waals surface area (Å²) in [7, 11) is -2.51. The van der Waals surface area contributed by atoms with Crippen LogP contribution in [0.3, 0.4) is 0 Å². The molecule has 0 bridgehead atoms. The van der Waals surface area contributed by atoms with Gasteiger partial charge < -0.3 is 5.32 Å². The second-order valence-corrected chi connectivity index (χ2v) is 6.01. The fraction of sp³-hybridized carbons (Fsp3) is 0.111. The van der Waals surface area contributed by atoms with Crippen LogP contribution in [0.4, 0.5) is 16.4 Å². The maximum Gasteiger partial charge on any atom is 0.290 e. The topological polar surface area (TPSA) is 127 Å². The number of aromatic nitrogens is 2. The summed E-state index contributed by atoms with van der Waals surface area (Å²) >= 11 is 0.832. The third-order valence-corrected chi connectivity index (χ3v) is 4.43. The summed E-state index contributed by atoms with van der Waals surface area (Å²) < 4.78 is 30.1. The van der Waals surface area contributed by atoms with E-state index < -0.39 is 25.5 Å². The van der Waals surface area contributed by atoms with Gasteiger partial charge in [0.25, 0.3) is 15.7 Å². The number of nitro groups is 1. The van der Waals surface area contributed by atoms with Crippen LogP contribution in [0.2, 0.25) is 0 Å². The van der Waals surface area contributed by atoms with Crippen molar-refractivity contribution >= 4 is 37.9 Å². The van der Waals surface area contributed by atoms with Crippen molar-refractivity contribution in [2.75, 3.05) is 17.1 Å². The number of nitrogens with zero attached hydrogens (tertiary/aromatic N) is 3. The number of anilines is 2. The zero-order chi connectivity index (χ0) is 14.8. The van der Waals surface area contributed by atoms with Crippen LogP contribution in [0.25, 0.3) is 0 Å². The molecule has 0 unspecified atom stereocenters. The molecule has 1 aromatic carbocycles. The highest BCUT2D eigenvalue weighted by atomic mass is 32.2. The van der Waals surface area contributed by atoms with Crippen LogP contribution in [-0.4, -0.2) is 30.0 Å². The molecule has 2 rings (SSSR count). The molecule has 0 aliphatic heterocycles. The van der Waals surface area contributed by atoms with Crippen LogP contribution in [0.5, 0.6) is 0 Å². The van der Waals surface area contributed by atoms with E-state index in [1.54, 1.807) is 7.05 Å². The van der Waals surface area contributed by atoms with Gasteiger partial charge in [-0.15, -0.1) is 5.10 Å². The molecule has 1 heterocycles. The third-order valence-electron chi connectivity index (χ3n) is 2.33. The Kier molecular flexibility index (Phi) is 3.81. The predicted octanol–water partition coefficient (Wildman–Crippen LogP) is 1.29. The first-order valence-corrected chi connectivity index (χ1v) is 7.46. The summed E-state index contributed by atoms with van der Waals surface area (Å²) in [5.74, 6) is 0. The van der Waals surface area contributed by atoms with Crippen molar-refractivity contribution in [3.05, 3.63) is 34.5 Å². The zero-order valence-electron chi connectivity index (χ0n) is 10.1. The molecule has 20 heavy (non-hydrogen) atoms. The van der Waals surface area contributed by atoms with Gasteiger partial charge in [0.1, 0.15) is 5.00 Å². The van der Waals surface area contributed by atoms with Crippen LogP contribution in [0.15, 0.2) is 29.3 Å². The molecule has 2 aromatic rings. The number of rotatable bonds is 5. The lowest BCUT2D eigenvalue weighted by Gasteiger charge is -2.08. The van der Waals surface area contributed by atoms with Gasteiger partial charge in [0.05, 0.1) is 11.1 Å². The Labute approximate surface area is 118 Å². The Bertz CT molecular complexity index is 729. The van der Waals surface area contributed by atoms with Crippen LogP contribution in [0, 0.1) is 10.1 Å². The first-order chi connectivity index (χ1) is 9.44. The smallest absolute Gasteiger partial charge is 0.290 e. The van der Waals surface area contributed by atoms with Crippen molar-refractivity contribution in [3.8, 4) is 0 Å². The molecular formula is C9H9N5O4S2. The molecule has 1 aromatic heterocycles. The van der Waals surface area contributed by atoms with Crippen molar-refractivity contribution in [3.63, 3.8) is 0 Å². The molecule has 0 aliphatic carbocycles. The Balaban J connectivity index is 2.51. The summed E-state index contributed by atoms with van der Waals surface area (Å²) in [6.45, 7) is 0. The van der Waals surface area contributed by atoms with E-state index in [0.717, 1.165) is 17.6 Å². The van der Waals surface area contributed by atoms with Gasteiger partial charge in [-0.05, 0) is 12.1 Å². The van der Waals surface area contributed by atoms with Gasteiger partial charge in [0.2, 0.25) is 0 Å². The van der Waals surface area contributed by atoms with E-state index >= 15 is 0 Å². The second kappa shape index (κ2) is 5.38. The normalized spacial score (nSPS) is 11.1. The van der Waals surface area contributed by atoms with Crippen molar-refractivity contribution in [1.29, 1.82) is 0 Å². The average Bonchev–Trinajstić information content (AvgIpc) is 2.90. The number of hydrogen-bond acceptors (Lipinski definition) is 8. The zero-order valence-corrected chi connectivity index (χ0v) is 11.7. The summed E-state index contributed by atoms with van der Waals surface area (Å²) in [5.41, 5.74) is -0.0626. The van der Waals surface area contributed by atoms with E-state index in [9.17, 15) is 18.5 Å². The Morgan fingerprint density at radius 3 is 2.70 bits per heavy atom. The molecule has 0 spiro atoms. The van der Waals surface area contributed by atoms with E-state index in [4.69, 9.17) is 0 Å². The molecule has 106 valence electrons. The average molecular weight is 315 g/mol. The molecule has 0 saturated carbocycles. The molecule has 0 aliphatic rings. The van der Waals surface area contributed by atoms with Crippen LogP contribution < -0.4 is 10.0 Å². The summed E-state index contributed by atoms with van der Waals surface area (Å²) in [6.07, 6.45) is 1.22. The maximum absolute atomic E-state index is 12.2. The largest absolute Gasteiger partial charge is 0.388 e. The fourth-order valence-electron chi connectivity index (χ4n) is 1.44. The van der Waals surface area contributed by atoms with E-state index in [1.165, 1.54) is 18.3 Å². The van der Waals surface area contributed by atoms with Crippen LogP contribution in [-0.2, 0) is 10.0 Å². The molecule has 2 N–H and O–H groups in total. The molecule has 0 fully saturated rings. The number of sulfonamides is 1. The highest BCUT2D eigenvalue weighted by molar-refractivity contribution is 7.93. The summed E-state index contributed by atoms with van der Waals surface area (Å²) in [4.78, 5) is 9.76. The highest BCUT2D eigenvalue weighted by Crippen LogP contribution is 2.29. The molecule has 0 atom stereocenters. The Morgan fingerprint density at radius 2 is 2.15 bits per heavy atom. The standard InChI is InChI=1S/C9H9N5O4S2/c1-10-6-2-3-7(14(15)16)8(4-6)20(17,18)12-9-5-11-13-19-9/h2-5,10,12H,1H3. The van der Waals surface area contributed by atoms with Crippen molar-refractivity contribution < 1.29 is 13.3 Å². The lowest BCUT2D eigenvalue weighted by molar-refractivity contribution is -0.387. The minimum Gasteiger partial charge on any atom is -0.388 e. The van der Waals surface area contributed by atoms with Gasteiger partial charge >= 0.3 is 0 Å². The molecule has 9 nitrogen and oxygen atoms in total. The molecule has 11 heteroatoms. The van der Waals surface area contributed by atoms with Gasteiger partial charge in [0.15, 0.2) is 4.90 Å². The quantitative estimate of drug-likeness (QED) is 0.628. The lowest BCUT2D eigenvalue weighted by atomic mass is 10.3. The fourth-order valence-corrected chi connectivity index (χ4v) is 3.32. The summed E-state index contributed by atoms with van der Waals surface area (Å²) in [5, 5.41) is 17.3. The Morgan fingerprint density at radius 1 is 1.40 bits per heavy atom. The summed E-state index contributed by atoms with van der Waals surface area (Å²) in [6, 6.07) is 3.74. The highest BCUT2D eigenvalue weighted by Gasteiger charge is 2.26. The van der Waals surface area contributed by atoms with Gasteiger partial charge in [0, 0.05) is 30.3 Å². The van der Waals surface area contributed by atoms with Crippen molar-refractivity contribution in [1.82, 2.24) is 9.59 Å². The van der Waals surface area contributed by atoms with Gasteiger partial charge in [-0.2, -0.15) is 0 Å². The van der Waals surface area contributed by atoms with Gasteiger partial charge in [-0.25, -0.2) is 8.42 Å². The second-order valence-electron chi connectivity index (χ2n) is 3.58.